The molecule has 118 valence electrons. The van der Waals surface area contributed by atoms with E-state index in [1.165, 1.54) is 5.56 Å². The molecule has 0 heterocycles. The summed E-state index contributed by atoms with van der Waals surface area (Å²) >= 11 is 0. The highest BCUT2D eigenvalue weighted by Crippen LogP contribution is 2.32. The lowest BCUT2D eigenvalue weighted by Gasteiger charge is -2.26. The van der Waals surface area contributed by atoms with E-state index in [4.69, 9.17) is 9.84 Å². The molecule has 21 heavy (non-hydrogen) atoms. The third-order valence-corrected chi connectivity index (χ3v) is 3.67. The normalized spacial score (nSPS) is 20.0. The van der Waals surface area contributed by atoms with Crippen molar-refractivity contribution in [1.82, 2.24) is 5.32 Å². The van der Waals surface area contributed by atoms with E-state index < -0.39 is 18.9 Å². The van der Waals surface area contributed by atoms with Crippen molar-refractivity contribution in [1.29, 1.82) is 0 Å². The molecule has 0 bridgehead atoms. The average molecular weight is 303 g/mol. The van der Waals surface area contributed by atoms with Gasteiger partial charge in [-0.1, -0.05) is 13.0 Å². The van der Waals surface area contributed by atoms with Gasteiger partial charge < -0.3 is 15.2 Å². The molecule has 0 aromatic heterocycles. The van der Waals surface area contributed by atoms with Crippen molar-refractivity contribution in [2.45, 2.75) is 44.5 Å². The summed E-state index contributed by atoms with van der Waals surface area (Å²) < 4.78 is 41.7. The SMILES string of the molecule is CCNC1CCCc2cc(OCC(O)C(F)(F)F)ccc21. The third kappa shape index (κ3) is 4.11. The predicted octanol–water partition coefficient (Wildman–Crippen LogP) is 2.98. The molecule has 1 aromatic rings. The molecule has 2 atom stereocenters. The molecule has 2 unspecified atom stereocenters. The first kappa shape index (κ1) is 16.1. The van der Waals surface area contributed by atoms with Gasteiger partial charge in [0.1, 0.15) is 12.4 Å². The van der Waals surface area contributed by atoms with Gasteiger partial charge in [-0.25, -0.2) is 0 Å². The van der Waals surface area contributed by atoms with E-state index in [0.717, 1.165) is 31.4 Å². The lowest BCUT2D eigenvalue weighted by Crippen LogP contribution is -2.34. The van der Waals surface area contributed by atoms with E-state index in [1.54, 1.807) is 12.1 Å². The Morgan fingerprint density at radius 3 is 2.86 bits per heavy atom. The van der Waals surface area contributed by atoms with Crippen LogP contribution in [0.4, 0.5) is 13.2 Å². The Hall–Kier alpha value is -1.27. The quantitative estimate of drug-likeness (QED) is 0.878. The molecule has 2 N–H and O–H groups in total. The summed E-state index contributed by atoms with van der Waals surface area (Å²) in [4.78, 5) is 0. The van der Waals surface area contributed by atoms with Crippen LogP contribution in [0.3, 0.4) is 0 Å². The van der Waals surface area contributed by atoms with Crippen molar-refractivity contribution in [3.63, 3.8) is 0 Å². The molecule has 1 aromatic carbocycles. The molecule has 1 aliphatic rings. The van der Waals surface area contributed by atoms with E-state index in [1.807, 2.05) is 13.0 Å². The smallest absolute Gasteiger partial charge is 0.417 e. The molecule has 1 aliphatic carbocycles. The molecular formula is C15H20F3NO2. The fraction of sp³-hybridized carbons (Fsp3) is 0.600. The van der Waals surface area contributed by atoms with Gasteiger partial charge in [0.25, 0.3) is 0 Å². The maximum absolute atomic E-state index is 12.2. The highest BCUT2D eigenvalue weighted by atomic mass is 19.4. The summed E-state index contributed by atoms with van der Waals surface area (Å²) in [6.45, 7) is 2.14. The van der Waals surface area contributed by atoms with Crippen molar-refractivity contribution < 1.29 is 23.0 Å². The maximum atomic E-state index is 12.2. The number of hydrogen-bond donors (Lipinski definition) is 2. The monoisotopic (exact) mass is 303 g/mol. The third-order valence-electron chi connectivity index (χ3n) is 3.67. The van der Waals surface area contributed by atoms with Crippen LogP contribution >= 0.6 is 0 Å². The van der Waals surface area contributed by atoms with Crippen LogP contribution in [-0.4, -0.2) is 30.5 Å². The first-order valence-corrected chi connectivity index (χ1v) is 7.15. The number of fused-ring (bicyclic) bond motifs is 1. The average Bonchev–Trinajstić information content (AvgIpc) is 2.44. The van der Waals surface area contributed by atoms with Crippen molar-refractivity contribution >= 4 is 0 Å². The zero-order chi connectivity index (χ0) is 15.5. The summed E-state index contributed by atoms with van der Waals surface area (Å²) in [6, 6.07) is 5.64. The minimum absolute atomic E-state index is 0.300. The highest BCUT2D eigenvalue weighted by molar-refractivity contribution is 5.39. The van der Waals surface area contributed by atoms with Gasteiger partial charge in [0.05, 0.1) is 0 Å². The Bertz CT molecular complexity index is 476. The molecule has 0 saturated heterocycles. The molecule has 0 amide bonds. The van der Waals surface area contributed by atoms with Crippen LogP contribution in [0.5, 0.6) is 5.75 Å². The van der Waals surface area contributed by atoms with Crippen LogP contribution in [-0.2, 0) is 6.42 Å². The van der Waals surface area contributed by atoms with Gasteiger partial charge in [-0.3, -0.25) is 0 Å². The van der Waals surface area contributed by atoms with Gasteiger partial charge in [-0.05, 0) is 49.1 Å². The number of aliphatic hydroxyl groups is 1. The van der Waals surface area contributed by atoms with Crippen molar-refractivity contribution in [3.05, 3.63) is 29.3 Å². The zero-order valence-electron chi connectivity index (χ0n) is 11.9. The van der Waals surface area contributed by atoms with Crippen molar-refractivity contribution in [3.8, 4) is 5.75 Å². The van der Waals surface area contributed by atoms with Crippen molar-refractivity contribution in [2.24, 2.45) is 0 Å². The van der Waals surface area contributed by atoms with E-state index >= 15 is 0 Å². The van der Waals surface area contributed by atoms with E-state index in [0.29, 0.717) is 11.8 Å². The molecule has 6 heteroatoms. The minimum atomic E-state index is -4.65. The number of aliphatic hydroxyl groups excluding tert-OH is 1. The summed E-state index contributed by atoms with van der Waals surface area (Å²) in [6.07, 6.45) is -4.10. The highest BCUT2D eigenvalue weighted by Gasteiger charge is 2.38. The van der Waals surface area contributed by atoms with Gasteiger partial charge in [-0.15, -0.1) is 0 Å². The van der Waals surface area contributed by atoms with Gasteiger partial charge >= 0.3 is 6.18 Å². The summed E-state index contributed by atoms with van der Waals surface area (Å²) in [7, 11) is 0. The Labute approximate surface area is 122 Å². The van der Waals surface area contributed by atoms with Crippen LogP contribution in [0.2, 0.25) is 0 Å². The second-order valence-electron chi connectivity index (χ2n) is 5.23. The molecular weight excluding hydrogens is 283 g/mol. The Morgan fingerprint density at radius 1 is 1.43 bits per heavy atom. The van der Waals surface area contributed by atoms with Gasteiger partial charge in [0.15, 0.2) is 6.10 Å². The van der Waals surface area contributed by atoms with Crippen LogP contribution < -0.4 is 10.1 Å². The van der Waals surface area contributed by atoms with Gasteiger partial charge in [0.2, 0.25) is 0 Å². The number of nitrogens with one attached hydrogen (secondary N) is 1. The molecule has 2 rings (SSSR count). The first-order chi connectivity index (χ1) is 9.91. The Kier molecular flexibility index (Phi) is 5.11. The maximum Gasteiger partial charge on any atom is 0.417 e. The zero-order valence-corrected chi connectivity index (χ0v) is 11.9. The molecule has 0 radical (unpaired) electrons. The second-order valence-corrected chi connectivity index (χ2v) is 5.23. The van der Waals surface area contributed by atoms with E-state index in [2.05, 4.69) is 5.32 Å². The lowest BCUT2D eigenvalue weighted by molar-refractivity contribution is -0.210. The van der Waals surface area contributed by atoms with Crippen LogP contribution in [0.15, 0.2) is 18.2 Å². The van der Waals surface area contributed by atoms with E-state index in [-0.39, 0.29) is 0 Å². The minimum Gasteiger partial charge on any atom is -0.491 e. The van der Waals surface area contributed by atoms with E-state index in [9.17, 15) is 13.2 Å². The topological polar surface area (TPSA) is 41.5 Å². The number of halogens is 3. The summed E-state index contributed by atoms with van der Waals surface area (Å²) in [5.41, 5.74) is 2.29. The molecule has 0 aliphatic heterocycles. The van der Waals surface area contributed by atoms with Crippen molar-refractivity contribution in [2.75, 3.05) is 13.2 Å². The molecule has 0 saturated carbocycles. The van der Waals surface area contributed by atoms with Gasteiger partial charge in [0, 0.05) is 6.04 Å². The number of benzene rings is 1. The number of aryl methyl sites for hydroxylation is 1. The largest absolute Gasteiger partial charge is 0.491 e. The Morgan fingerprint density at radius 2 is 2.19 bits per heavy atom. The molecule has 0 fully saturated rings. The first-order valence-electron chi connectivity index (χ1n) is 7.15. The molecule has 0 spiro atoms. The standard InChI is InChI=1S/C15H20F3NO2/c1-2-19-13-5-3-4-10-8-11(6-7-12(10)13)21-9-14(20)15(16,17)18/h6-8,13-14,19-20H,2-5,9H2,1H3. The number of ether oxygens (including phenoxy) is 1. The van der Waals surface area contributed by atoms with Gasteiger partial charge in [-0.2, -0.15) is 13.2 Å². The lowest BCUT2D eigenvalue weighted by atomic mass is 9.87. The number of hydrogen-bond acceptors (Lipinski definition) is 3. The van der Waals surface area contributed by atoms with Crippen LogP contribution in [0, 0.1) is 0 Å². The fourth-order valence-corrected chi connectivity index (χ4v) is 2.61. The predicted molar refractivity (Wildman–Crippen MR) is 73.4 cm³/mol. The Balaban J connectivity index is 2.04. The van der Waals surface area contributed by atoms with Crippen LogP contribution in [0.25, 0.3) is 0 Å². The number of rotatable bonds is 5. The van der Waals surface area contributed by atoms with Crippen LogP contribution in [0.1, 0.15) is 36.9 Å². The summed E-state index contributed by atoms with van der Waals surface area (Å²) in [5, 5.41) is 12.3. The second kappa shape index (κ2) is 6.66. The fourth-order valence-electron chi connectivity index (χ4n) is 2.61. The molecule has 3 nitrogen and oxygen atoms in total. The number of alkyl halides is 3. The summed E-state index contributed by atoms with van der Waals surface area (Å²) in [5.74, 6) is 0.370.